The van der Waals surface area contributed by atoms with E-state index in [1.54, 1.807) is 6.07 Å². The molecule has 4 N–H and O–H groups in total. The summed E-state index contributed by atoms with van der Waals surface area (Å²) in [4.78, 5) is 46.4. The van der Waals surface area contributed by atoms with Gasteiger partial charge in [0.15, 0.2) is 9.54 Å². The number of nitrogens with zero attached hydrogens (tertiary/aromatic N) is 1. The standard InChI is InChI=1S/C15H9N5O5S2/c21-10-8-7(5-3-1-2-4-6(5)20(23)24)9-11(22)17-15(27)19-13(9)25-12(8)18-14(26)16-10/h1-4,7H,(H2,16,18,21,26)(H2,17,19,22,27). The highest BCUT2D eigenvalue weighted by molar-refractivity contribution is 7.71. The summed E-state index contributed by atoms with van der Waals surface area (Å²) in [6.07, 6.45) is 0. The Balaban J connectivity index is 2.16. The number of nitro benzene ring substituents is 1. The molecule has 0 fully saturated rings. The normalized spacial score (nSPS) is 12.7. The third-order valence-electron chi connectivity index (χ3n) is 4.11. The molecule has 0 spiro atoms. The number of H-pyrrole nitrogens is 4. The topological polar surface area (TPSA) is 150 Å². The fraction of sp³-hybridized carbons (Fsp3) is 0.0667. The number of aromatic nitrogens is 4. The molecule has 10 nitrogen and oxygen atoms in total. The molecule has 12 heteroatoms. The van der Waals surface area contributed by atoms with E-state index < -0.39 is 22.0 Å². The van der Waals surface area contributed by atoms with Crippen LogP contribution < -0.4 is 15.9 Å². The minimum absolute atomic E-state index is 0.00131. The van der Waals surface area contributed by atoms with Crippen molar-refractivity contribution in [3.8, 4) is 11.8 Å². The van der Waals surface area contributed by atoms with Crippen molar-refractivity contribution in [2.24, 2.45) is 0 Å². The smallest absolute Gasteiger partial charge is 0.273 e. The molecule has 0 atom stereocenters. The van der Waals surface area contributed by atoms with Gasteiger partial charge in [0.25, 0.3) is 16.8 Å². The van der Waals surface area contributed by atoms with Crippen molar-refractivity contribution in [1.29, 1.82) is 0 Å². The van der Waals surface area contributed by atoms with E-state index in [9.17, 15) is 19.7 Å². The van der Waals surface area contributed by atoms with Gasteiger partial charge in [-0.3, -0.25) is 29.7 Å². The SMILES string of the molecule is O=c1[nH]c(=S)[nH]c2c1C(c1ccccc1[N+](=O)[O-])c1c([nH]c(=S)[nH]c1=O)O2. The number of hydrogen-bond donors (Lipinski definition) is 4. The maximum absolute atomic E-state index is 12.6. The monoisotopic (exact) mass is 403 g/mol. The highest BCUT2D eigenvalue weighted by atomic mass is 32.1. The van der Waals surface area contributed by atoms with E-state index in [-0.39, 0.29) is 43.7 Å². The van der Waals surface area contributed by atoms with Crippen molar-refractivity contribution < 1.29 is 9.66 Å². The summed E-state index contributed by atoms with van der Waals surface area (Å²) >= 11 is 9.92. The van der Waals surface area contributed by atoms with Gasteiger partial charge in [-0.15, -0.1) is 0 Å². The second-order valence-corrected chi connectivity index (χ2v) is 6.47. The largest absolute Gasteiger partial charge is 0.423 e. The minimum Gasteiger partial charge on any atom is -0.423 e. The fourth-order valence-electron chi connectivity index (χ4n) is 3.09. The van der Waals surface area contributed by atoms with Crippen LogP contribution in [-0.2, 0) is 0 Å². The van der Waals surface area contributed by atoms with Gasteiger partial charge >= 0.3 is 0 Å². The number of hydrogen-bond acceptors (Lipinski definition) is 7. The van der Waals surface area contributed by atoms with E-state index in [0.29, 0.717) is 0 Å². The van der Waals surface area contributed by atoms with Gasteiger partial charge in [-0.2, -0.15) is 0 Å². The second-order valence-electron chi connectivity index (χ2n) is 5.65. The molecule has 0 unspecified atom stereocenters. The van der Waals surface area contributed by atoms with E-state index in [2.05, 4.69) is 19.9 Å². The molecule has 136 valence electrons. The van der Waals surface area contributed by atoms with Crippen LogP contribution in [0.1, 0.15) is 22.6 Å². The van der Waals surface area contributed by atoms with E-state index >= 15 is 0 Å². The lowest BCUT2D eigenvalue weighted by atomic mass is 9.85. The van der Waals surface area contributed by atoms with Crippen LogP contribution in [0.2, 0.25) is 0 Å². The molecular weight excluding hydrogens is 394 g/mol. The van der Waals surface area contributed by atoms with Crippen LogP contribution >= 0.6 is 24.4 Å². The molecule has 27 heavy (non-hydrogen) atoms. The van der Waals surface area contributed by atoms with E-state index in [4.69, 9.17) is 29.2 Å². The molecule has 0 bridgehead atoms. The Morgan fingerprint density at radius 2 is 1.44 bits per heavy atom. The zero-order valence-corrected chi connectivity index (χ0v) is 14.8. The lowest BCUT2D eigenvalue weighted by molar-refractivity contribution is -0.385. The third-order valence-corrected chi connectivity index (χ3v) is 4.52. The molecular formula is C15H9N5O5S2. The van der Waals surface area contributed by atoms with Crippen molar-refractivity contribution in [3.05, 3.63) is 81.3 Å². The van der Waals surface area contributed by atoms with Crippen LogP contribution in [0.5, 0.6) is 11.8 Å². The molecule has 1 aromatic carbocycles. The van der Waals surface area contributed by atoms with Crippen molar-refractivity contribution in [2.45, 2.75) is 5.92 Å². The molecule has 3 heterocycles. The Morgan fingerprint density at radius 1 is 0.926 bits per heavy atom. The van der Waals surface area contributed by atoms with Gasteiger partial charge in [0.2, 0.25) is 11.8 Å². The summed E-state index contributed by atoms with van der Waals surface area (Å²) in [5, 5.41) is 11.5. The zero-order chi connectivity index (χ0) is 19.3. The van der Waals surface area contributed by atoms with E-state index in [1.165, 1.54) is 18.2 Å². The quantitative estimate of drug-likeness (QED) is 0.228. The number of nitrogens with one attached hydrogen (secondary N) is 4. The van der Waals surface area contributed by atoms with E-state index in [0.717, 1.165) is 0 Å². The van der Waals surface area contributed by atoms with Gasteiger partial charge in [-0.05, 0) is 24.4 Å². The molecule has 1 aliphatic heterocycles. The Morgan fingerprint density at radius 3 is 1.96 bits per heavy atom. The van der Waals surface area contributed by atoms with Crippen molar-refractivity contribution in [2.75, 3.05) is 0 Å². The molecule has 3 aromatic rings. The lowest BCUT2D eigenvalue weighted by Gasteiger charge is -2.25. The summed E-state index contributed by atoms with van der Waals surface area (Å²) < 4.78 is 5.61. The van der Waals surface area contributed by atoms with Crippen molar-refractivity contribution in [1.82, 2.24) is 19.9 Å². The molecule has 0 aliphatic carbocycles. The highest BCUT2D eigenvalue weighted by Gasteiger charge is 2.38. The number of ether oxygens (including phenoxy) is 1. The molecule has 1 aliphatic rings. The van der Waals surface area contributed by atoms with Gasteiger partial charge in [0.05, 0.1) is 22.0 Å². The van der Waals surface area contributed by atoms with Crippen LogP contribution in [-0.4, -0.2) is 24.9 Å². The first-order valence-corrected chi connectivity index (χ1v) is 8.32. The Labute approximate surface area is 159 Å². The summed E-state index contributed by atoms with van der Waals surface area (Å²) in [5.74, 6) is -1.11. The number of aromatic amines is 4. The molecule has 4 rings (SSSR count). The maximum atomic E-state index is 12.6. The number of rotatable bonds is 2. The van der Waals surface area contributed by atoms with Crippen LogP contribution in [0, 0.1) is 19.7 Å². The van der Waals surface area contributed by atoms with Crippen LogP contribution in [0.15, 0.2) is 33.9 Å². The predicted octanol–water partition coefficient (Wildman–Crippen LogP) is 2.37. The number of fused-ring (bicyclic) bond motifs is 2. The molecule has 0 saturated carbocycles. The predicted molar refractivity (Wildman–Crippen MR) is 98.6 cm³/mol. The minimum atomic E-state index is -1.07. The zero-order valence-electron chi connectivity index (χ0n) is 13.2. The second kappa shape index (κ2) is 6.10. The Bertz CT molecular complexity index is 1260. The molecule has 0 saturated heterocycles. The number of benzene rings is 1. The van der Waals surface area contributed by atoms with Crippen LogP contribution in [0.4, 0.5) is 5.69 Å². The van der Waals surface area contributed by atoms with Gasteiger partial charge in [-0.25, -0.2) is 0 Å². The Kier molecular flexibility index (Phi) is 3.86. The maximum Gasteiger partial charge on any atom is 0.273 e. The van der Waals surface area contributed by atoms with Gasteiger partial charge in [0, 0.05) is 11.6 Å². The highest BCUT2D eigenvalue weighted by Crippen LogP contribution is 2.44. The summed E-state index contributed by atoms with van der Waals surface area (Å²) in [5.41, 5.74) is -1.33. The number of para-hydroxylation sites is 1. The average Bonchev–Trinajstić information content (AvgIpc) is 2.59. The first-order chi connectivity index (χ1) is 12.9. The molecule has 2 aromatic heterocycles. The first-order valence-electron chi connectivity index (χ1n) is 7.51. The van der Waals surface area contributed by atoms with Crippen LogP contribution in [0.25, 0.3) is 0 Å². The van der Waals surface area contributed by atoms with Crippen molar-refractivity contribution >= 4 is 30.1 Å². The van der Waals surface area contributed by atoms with Crippen molar-refractivity contribution in [3.63, 3.8) is 0 Å². The summed E-state index contributed by atoms with van der Waals surface area (Å²) in [6, 6.07) is 5.84. The fourth-order valence-corrected chi connectivity index (χ4v) is 3.46. The first kappa shape index (κ1) is 17.1. The third kappa shape index (κ3) is 2.71. The average molecular weight is 403 g/mol. The molecule has 0 amide bonds. The van der Waals surface area contributed by atoms with Gasteiger partial charge < -0.3 is 14.7 Å². The summed E-state index contributed by atoms with van der Waals surface area (Å²) in [6.45, 7) is 0. The Hall–Kier alpha value is -3.38. The molecule has 0 radical (unpaired) electrons. The van der Waals surface area contributed by atoms with Gasteiger partial charge in [0.1, 0.15) is 0 Å². The number of nitro groups is 1. The lowest BCUT2D eigenvalue weighted by Crippen LogP contribution is -2.30. The van der Waals surface area contributed by atoms with E-state index in [1.807, 2.05) is 0 Å². The van der Waals surface area contributed by atoms with Gasteiger partial charge in [-0.1, -0.05) is 18.2 Å². The summed E-state index contributed by atoms with van der Waals surface area (Å²) in [7, 11) is 0. The van der Waals surface area contributed by atoms with Crippen LogP contribution in [0.3, 0.4) is 0 Å².